The van der Waals surface area contributed by atoms with Crippen LogP contribution in [0.2, 0.25) is 0 Å². The van der Waals surface area contributed by atoms with Crippen LogP contribution in [0.5, 0.6) is 5.75 Å². The molecule has 4 nitrogen and oxygen atoms in total. The molecule has 5 heteroatoms. The molecule has 1 aliphatic rings. The summed E-state index contributed by atoms with van der Waals surface area (Å²) in [6.45, 7) is 4.90. The van der Waals surface area contributed by atoms with Gasteiger partial charge in [0.05, 0.1) is 24.3 Å². The molecular formula is C21H28N2O2S. The lowest BCUT2D eigenvalue weighted by molar-refractivity contribution is -0.132. The van der Waals surface area contributed by atoms with Gasteiger partial charge in [-0.05, 0) is 50.7 Å². The van der Waals surface area contributed by atoms with Crippen molar-refractivity contribution in [1.29, 1.82) is 0 Å². The van der Waals surface area contributed by atoms with Gasteiger partial charge in [-0.2, -0.15) is 0 Å². The van der Waals surface area contributed by atoms with Crippen molar-refractivity contribution in [1.82, 2.24) is 9.88 Å². The third-order valence-corrected chi connectivity index (χ3v) is 6.15. The van der Waals surface area contributed by atoms with E-state index in [0.29, 0.717) is 19.1 Å². The summed E-state index contributed by atoms with van der Waals surface area (Å²) in [7, 11) is 1.95. The van der Waals surface area contributed by atoms with Gasteiger partial charge in [0, 0.05) is 18.5 Å². The number of thiazole rings is 1. The average Bonchev–Trinajstić information content (AvgIpc) is 3.11. The first-order valence-corrected chi connectivity index (χ1v) is 10.4. The largest absolute Gasteiger partial charge is 0.493 e. The molecule has 1 aromatic carbocycles. The fraction of sp³-hybridized carbons (Fsp3) is 0.524. The van der Waals surface area contributed by atoms with Crippen molar-refractivity contribution in [2.45, 2.75) is 52.0 Å². The number of likely N-dealkylation sites (N-methyl/N-ethyl adjacent to an activating group) is 1. The molecule has 1 aromatic heterocycles. The second-order valence-corrected chi connectivity index (χ2v) is 8.03. The van der Waals surface area contributed by atoms with Gasteiger partial charge >= 0.3 is 0 Å². The highest BCUT2D eigenvalue weighted by atomic mass is 32.1. The third kappa shape index (κ3) is 4.44. The number of nitrogens with zero attached hydrogens (tertiary/aromatic N) is 2. The maximum absolute atomic E-state index is 12.7. The highest BCUT2D eigenvalue weighted by molar-refractivity contribution is 7.13. The minimum Gasteiger partial charge on any atom is -0.493 e. The smallest absolute Gasteiger partial charge is 0.228 e. The lowest BCUT2D eigenvalue weighted by atomic mass is 9.86. The van der Waals surface area contributed by atoms with Gasteiger partial charge in [0.25, 0.3) is 0 Å². The number of benzene rings is 1. The molecular weight excluding hydrogens is 344 g/mol. The first-order valence-electron chi connectivity index (χ1n) is 9.50. The maximum Gasteiger partial charge on any atom is 0.228 e. The van der Waals surface area contributed by atoms with Crippen LogP contribution < -0.4 is 4.74 Å². The summed E-state index contributed by atoms with van der Waals surface area (Å²) >= 11 is 1.57. The summed E-state index contributed by atoms with van der Waals surface area (Å²) in [4.78, 5) is 19.3. The number of para-hydroxylation sites is 1. The summed E-state index contributed by atoms with van der Waals surface area (Å²) in [5, 5.41) is 2.90. The Morgan fingerprint density at radius 2 is 2.00 bits per heavy atom. The van der Waals surface area contributed by atoms with E-state index in [1.807, 2.05) is 48.5 Å². The van der Waals surface area contributed by atoms with Crippen LogP contribution >= 0.6 is 11.3 Å². The number of ether oxygens (including phenoxy) is 1. The van der Waals surface area contributed by atoms with Gasteiger partial charge in [-0.15, -0.1) is 11.3 Å². The highest BCUT2D eigenvalue weighted by Gasteiger charge is 2.25. The Morgan fingerprint density at radius 3 is 2.73 bits per heavy atom. The van der Waals surface area contributed by atoms with Crippen LogP contribution in [-0.4, -0.2) is 35.5 Å². The Bertz CT molecular complexity index is 735. The van der Waals surface area contributed by atoms with Gasteiger partial charge in [-0.25, -0.2) is 4.98 Å². The van der Waals surface area contributed by atoms with E-state index in [-0.39, 0.29) is 5.91 Å². The number of amides is 1. The van der Waals surface area contributed by atoms with Crippen LogP contribution in [0.15, 0.2) is 29.6 Å². The number of rotatable bonds is 6. The molecule has 0 atom stereocenters. The second kappa shape index (κ2) is 8.67. The summed E-state index contributed by atoms with van der Waals surface area (Å²) in [5.41, 5.74) is 1.84. The number of aromatic nitrogens is 1. The highest BCUT2D eigenvalue weighted by Crippen LogP contribution is 2.32. The van der Waals surface area contributed by atoms with Gasteiger partial charge in [0.15, 0.2) is 0 Å². The van der Waals surface area contributed by atoms with E-state index in [1.165, 1.54) is 12.8 Å². The molecule has 0 spiro atoms. The summed E-state index contributed by atoms with van der Waals surface area (Å²) in [6, 6.07) is 8.32. The van der Waals surface area contributed by atoms with Crippen molar-refractivity contribution in [2.24, 2.45) is 5.92 Å². The molecule has 1 saturated carbocycles. The molecule has 26 heavy (non-hydrogen) atoms. The van der Waals surface area contributed by atoms with E-state index >= 15 is 0 Å². The second-order valence-electron chi connectivity index (χ2n) is 7.17. The van der Waals surface area contributed by atoms with E-state index in [2.05, 4.69) is 6.92 Å². The molecule has 140 valence electrons. The predicted molar refractivity (Wildman–Crippen MR) is 107 cm³/mol. The van der Waals surface area contributed by atoms with Crippen LogP contribution in [-0.2, 0) is 11.2 Å². The number of hydrogen-bond donors (Lipinski definition) is 0. The van der Waals surface area contributed by atoms with Crippen molar-refractivity contribution in [3.8, 4) is 16.3 Å². The van der Waals surface area contributed by atoms with E-state index < -0.39 is 0 Å². The van der Waals surface area contributed by atoms with Crippen molar-refractivity contribution < 1.29 is 9.53 Å². The first kappa shape index (κ1) is 18.9. The predicted octanol–water partition coefficient (Wildman–Crippen LogP) is 4.79. The number of carbonyl (C=O) groups excluding carboxylic acids is 1. The zero-order valence-electron chi connectivity index (χ0n) is 15.9. The molecule has 1 amide bonds. The average molecular weight is 373 g/mol. The molecule has 0 N–H and O–H groups in total. The fourth-order valence-corrected chi connectivity index (χ4v) is 4.40. The van der Waals surface area contributed by atoms with Crippen LogP contribution in [0.25, 0.3) is 10.6 Å². The Hall–Kier alpha value is -1.88. The summed E-state index contributed by atoms with van der Waals surface area (Å²) in [6.07, 6.45) is 5.05. The molecule has 0 unspecified atom stereocenters. The van der Waals surface area contributed by atoms with Gasteiger partial charge in [0.1, 0.15) is 10.8 Å². The minimum absolute atomic E-state index is 0.166. The summed E-state index contributed by atoms with van der Waals surface area (Å²) in [5.74, 6) is 1.80. The van der Waals surface area contributed by atoms with E-state index in [9.17, 15) is 4.79 Å². The summed E-state index contributed by atoms with van der Waals surface area (Å²) < 4.78 is 5.70. The van der Waals surface area contributed by atoms with E-state index in [1.54, 1.807) is 11.3 Å². The minimum atomic E-state index is 0.166. The first-order chi connectivity index (χ1) is 12.6. The van der Waals surface area contributed by atoms with Gasteiger partial charge in [-0.1, -0.05) is 19.1 Å². The number of hydrogen-bond acceptors (Lipinski definition) is 4. The monoisotopic (exact) mass is 372 g/mol. The Morgan fingerprint density at radius 1 is 1.27 bits per heavy atom. The molecule has 2 aromatic rings. The quantitative estimate of drug-likeness (QED) is 0.732. The molecule has 1 aliphatic carbocycles. The van der Waals surface area contributed by atoms with Gasteiger partial charge in [0.2, 0.25) is 5.91 Å². The van der Waals surface area contributed by atoms with Crippen molar-refractivity contribution in [3.05, 3.63) is 35.3 Å². The SMILES string of the molecule is CCOc1ccccc1-c1nc(CC(=O)N(C)C2CCC(C)CC2)cs1. The van der Waals surface area contributed by atoms with Crippen LogP contribution in [0, 0.1) is 5.92 Å². The normalized spacial score (nSPS) is 20.0. The molecule has 3 rings (SSSR count). The molecule has 0 saturated heterocycles. The van der Waals surface area contributed by atoms with Crippen LogP contribution in [0.4, 0.5) is 0 Å². The lowest BCUT2D eigenvalue weighted by Crippen LogP contribution is -2.40. The maximum atomic E-state index is 12.7. The van der Waals surface area contributed by atoms with Crippen LogP contribution in [0.3, 0.4) is 0 Å². The van der Waals surface area contributed by atoms with Crippen LogP contribution in [0.1, 0.15) is 45.2 Å². The number of carbonyl (C=O) groups is 1. The molecule has 0 aliphatic heterocycles. The van der Waals surface area contributed by atoms with Crippen molar-refractivity contribution in [3.63, 3.8) is 0 Å². The van der Waals surface area contributed by atoms with Gasteiger partial charge < -0.3 is 9.64 Å². The molecule has 1 fully saturated rings. The lowest BCUT2D eigenvalue weighted by Gasteiger charge is -2.33. The van der Waals surface area contributed by atoms with Gasteiger partial charge in [-0.3, -0.25) is 4.79 Å². The molecule has 0 bridgehead atoms. The van der Waals surface area contributed by atoms with E-state index in [0.717, 1.165) is 40.8 Å². The zero-order chi connectivity index (χ0) is 18.5. The van der Waals surface area contributed by atoms with Crippen molar-refractivity contribution in [2.75, 3.05) is 13.7 Å². The van der Waals surface area contributed by atoms with Crippen molar-refractivity contribution >= 4 is 17.2 Å². The fourth-order valence-electron chi connectivity index (χ4n) is 3.55. The topological polar surface area (TPSA) is 42.4 Å². The Kier molecular flexibility index (Phi) is 6.30. The molecule has 0 radical (unpaired) electrons. The third-order valence-electron chi connectivity index (χ3n) is 5.23. The Balaban J connectivity index is 1.66. The zero-order valence-corrected chi connectivity index (χ0v) is 16.7. The van der Waals surface area contributed by atoms with E-state index in [4.69, 9.17) is 9.72 Å². The standard InChI is InChI=1S/C21H28N2O2S/c1-4-25-19-8-6-5-7-18(19)21-22-16(14-26-21)13-20(24)23(3)17-11-9-15(2)10-12-17/h5-8,14-15,17H,4,9-13H2,1-3H3. The molecule has 1 heterocycles. The Labute approximate surface area is 160 Å².